The zero-order valence-corrected chi connectivity index (χ0v) is 16.0. The van der Waals surface area contributed by atoms with E-state index >= 15 is 0 Å². The number of carbonyl (C=O) groups excluding carboxylic acids is 2. The number of hydrogen-bond acceptors (Lipinski definition) is 4. The van der Waals surface area contributed by atoms with Crippen molar-refractivity contribution in [2.24, 2.45) is 0 Å². The predicted octanol–water partition coefficient (Wildman–Crippen LogP) is 5.45. The van der Waals surface area contributed by atoms with Gasteiger partial charge in [0.05, 0.1) is 5.56 Å². The lowest BCUT2D eigenvalue weighted by Crippen LogP contribution is -2.23. The molecule has 0 unspecified atom stereocenters. The van der Waals surface area contributed by atoms with Crippen molar-refractivity contribution in [3.05, 3.63) is 53.6 Å². The lowest BCUT2D eigenvalue weighted by atomic mass is 9.99. The molecule has 2 aromatic rings. The quantitative estimate of drug-likeness (QED) is 0.500. The second-order valence-electron chi connectivity index (χ2n) is 7.25. The molecule has 2 aromatic carbocycles. The molecule has 7 heteroatoms. The van der Waals surface area contributed by atoms with E-state index in [1.807, 2.05) is 0 Å². The topological polar surface area (TPSA) is 52.6 Å². The van der Waals surface area contributed by atoms with Crippen LogP contribution in [0.3, 0.4) is 0 Å². The molecule has 0 heterocycles. The monoisotopic (exact) mass is 394 g/mol. The maximum absolute atomic E-state index is 12.5. The lowest BCUT2D eigenvalue weighted by molar-refractivity contribution is -0.153. The number of Topliss-reactive ketones (excluding diaryl/α,β-unsaturated/α-hetero) is 1. The van der Waals surface area contributed by atoms with E-state index in [-0.39, 0.29) is 11.5 Å². The standard InChI is InChI=1S/C21H21F3O4/c1-13(25)16-9-10-18(27-12-21(22,23)24)17(11-16)14-5-7-15(8-6-14)19(26)28-20(2,3)4/h5-11H,12H2,1-4H3. The van der Waals surface area contributed by atoms with Crippen molar-refractivity contribution in [3.8, 4) is 16.9 Å². The second kappa shape index (κ2) is 8.04. The van der Waals surface area contributed by atoms with Gasteiger partial charge in [0.15, 0.2) is 12.4 Å². The van der Waals surface area contributed by atoms with E-state index in [1.54, 1.807) is 32.9 Å². The molecule has 0 amide bonds. The third kappa shape index (κ3) is 6.11. The summed E-state index contributed by atoms with van der Waals surface area (Å²) in [6, 6.07) is 10.4. The van der Waals surface area contributed by atoms with Crippen LogP contribution in [0, 0.1) is 0 Å². The summed E-state index contributed by atoms with van der Waals surface area (Å²) in [4.78, 5) is 23.8. The first kappa shape index (κ1) is 21.5. The third-order valence-corrected chi connectivity index (χ3v) is 3.61. The molecule has 0 N–H and O–H groups in total. The van der Waals surface area contributed by atoms with E-state index in [1.165, 1.54) is 37.3 Å². The van der Waals surface area contributed by atoms with E-state index in [2.05, 4.69) is 0 Å². The molecule has 0 fully saturated rings. The maximum Gasteiger partial charge on any atom is 0.422 e. The average molecular weight is 394 g/mol. The number of alkyl halides is 3. The number of ketones is 1. The fourth-order valence-corrected chi connectivity index (χ4v) is 2.38. The summed E-state index contributed by atoms with van der Waals surface area (Å²) in [6.07, 6.45) is -4.49. The highest BCUT2D eigenvalue weighted by molar-refractivity contribution is 5.96. The molecule has 0 aromatic heterocycles. The van der Waals surface area contributed by atoms with Gasteiger partial charge in [0.2, 0.25) is 0 Å². The van der Waals surface area contributed by atoms with Gasteiger partial charge < -0.3 is 9.47 Å². The Morgan fingerprint density at radius 1 is 0.929 bits per heavy atom. The van der Waals surface area contributed by atoms with Crippen molar-refractivity contribution in [2.45, 2.75) is 39.5 Å². The minimum atomic E-state index is -4.49. The molecule has 0 bridgehead atoms. The summed E-state index contributed by atoms with van der Waals surface area (Å²) in [5, 5.41) is 0. The molecule has 0 saturated heterocycles. The van der Waals surface area contributed by atoms with E-state index in [4.69, 9.17) is 9.47 Å². The van der Waals surface area contributed by atoms with Crippen molar-refractivity contribution in [2.75, 3.05) is 6.61 Å². The van der Waals surface area contributed by atoms with Gasteiger partial charge in [-0.2, -0.15) is 13.2 Å². The lowest BCUT2D eigenvalue weighted by Gasteiger charge is -2.19. The van der Waals surface area contributed by atoms with Gasteiger partial charge in [0, 0.05) is 11.1 Å². The van der Waals surface area contributed by atoms with Crippen molar-refractivity contribution in [1.29, 1.82) is 0 Å². The summed E-state index contributed by atoms with van der Waals surface area (Å²) >= 11 is 0. The minimum Gasteiger partial charge on any atom is -0.483 e. The van der Waals surface area contributed by atoms with Gasteiger partial charge in [-0.25, -0.2) is 4.79 Å². The van der Waals surface area contributed by atoms with E-state index in [0.717, 1.165) is 0 Å². The number of carbonyl (C=O) groups is 2. The number of hydrogen-bond donors (Lipinski definition) is 0. The molecule has 0 radical (unpaired) electrons. The fourth-order valence-electron chi connectivity index (χ4n) is 2.38. The molecule has 4 nitrogen and oxygen atoms in total. The molecule has 2 rings (SSSR count). The Hall–Kier alpha value is -2.83. The minimum absolute atomic E-state index is 0.00709. The molecule has 150 valence electrons. The SMILES string of the molecule is CC(=O)c1ccc(OCC(F)(F)F)c(-c2ccc(C(=O)OC(C)(C)C)cc2)c1. The first-order valence-corrected chi connectivity index (χ1v) is 8.54. The van der Waals surface area contributed by atoms with Crippen LogP contribution in [0.25, 0.3) is 11.1 Å². The number of ether oxygens (including phenoxy) is 2. The van der Waals surface area contributed by atoms with Crippen molar-refractivity contribution < 1.29 is 32.2 Å². The van der Waals surface area contributed by atoms with Crippen LogP contribution in [0.4, 0.5) is 13.2 Å². The second-order valence-corrected chi connectivity index (χ2v) is 7.25. The van der Waals surface area contributed by atoms with E-state index in [0.29, 0.717) is 22.3 Å². The maximum atomic E-state index is 12.5. The van der Waals surface area contributed by atoms with Crippen LogP contribution in [-0.4, -0.2) is 30.1 Å². The van der Waals surface area contributed by atoms with Crippen molar-refractivity contribution in [3.63, 3.8) is 0 Å². The zero-order valence-electron chi connectivity index (χ0n) is 16.0. The summed E-state index contributed by atoms with van der Waals surface area (Å²) in [7, 11) is 0. The molecule has 0 aliphatic heterocycles. The smallest absolute Gasteiger partial charge is 0.422 e. The van der Waals surface area contributed by atoms with Gasteiger partial charge in [0.25, 0.3) is 0 Å². The Bertz CT molecular complexity index is 863. The third-order valence-electron chi connectivity index (χ3n) is 3.61. The van der Waals surface area contributed by atoms with Gasteiger partial charge in [0.1, 0.15) is 11.4 Å². The Labute approximate surface area is 161 Å². The van der Waals surface area contributed by atoms with Gasteiger partial charge >= 0.3 is 12.1 Å². The van der Waals surface area contributed by atoms with Gasteiger partial charge in [-0.3, -0.25) is 4.79 Å². The van der Waals surface area contributed by atoms with Crippen LogP contribution < -0.4 is 4.74 Å². The molecule has 0 aliphatic carbocycles. The fraction of sp³-hybridized carbons (Fsp3) is 0.333. The first-order valence-electron chi connectivity index (χ1n) is 8.54. The average Bonchev–Trinajstić information content (AvgIpc) is 2.57. The van der Waals surface area contributed by atoms with E-state index in [9.17, 15) is 22.8 Å². The van der Waals surface area contributed by atoms with Crippen LogP contribution in [0.2, 0.25) is 0 Å². The number of benzene rings is 2. The molecule has 28 heavy (non-hydrogen) atoms. The number of halogens is 3. The van der Waals surface area contributed by atoms with Crippen LogP contribution in [0.1, 0.15) is 48.4 Å². The van der Waals surface area contributed by atoms with Crippen LogP contribution in [-0.2, 0) is 4.74 Å². The van der Waals surface area contributed by atoms with Gasteiger partial charge in [-0.15, -0.1) is 0 Å². The Balaban J connectivity index is 2.37. The first-order chi connectivity index (χ1) is 12.9. The van der Waals surface area contributed by atoms with Crippen molar-refractivity contribution >= 4 is 11.8 Å². The summed E-state index contributed by atoms with van der Waals surface area (Å²) in [5.74, 6) is -0.744. The summed E-state index contributed by atoms with van der Waals surface area (Å²) in [6.45, 7) is 5.15. The highest BCUT2D eigenvalue weighted by Gasteiger charge is 2.29. The Morgan fingerprint density at radius 2 is 1.50 bits per heavy atom. The Morgan fingerprint density at radius 3 is 2.00 bits per heavy atom. The van der Waals surface area contributed by atoms with Gasteiger partial charge in [-0.05, 0) is 63.6 Å². The van der Waals surface area contributed by atoms with E-state index < -0.39 is 24.4 Å². The normalized spacial score (nSPS) is 11.8. The number of esters is 1. The van der Waals surface area contributed by atoms with Crippen LogP contribution in [0.15, 0.2) is 42.5 Å². The molecule has 0 saturated carbocycles. The highest BCUT2D eigenvalue weighted by atomic mass is 19.4. The summed E-state index contributed by atoms with van der Waals surface area (Å²) in [5.41, 5.74) is 0.828. The molecule has 0 atom stereocenters. The molecule has 0 aliphatic rings. The molecule has 0 spiro atoms. The van der Waals surface area contributed by atoms with Crippen LogP contribution >= 0.6 is 0 Å². The number of rotatable bonds is 5. The van der Waals surface area contributed by atoms with Crippen LogP contribution in [0.5, 0.6) is 5.75 Å². The molecular weight excluding hydrogens is 373 g/mol. The predicted molar refractivity (Wildman–Crippen MR) is 98.6 cm³/mol. The Kier molecular flexibility index (Phi) is 6.17. The highest BCUT2D eigenvalue weighted by Crippen LogP contribution is 2.33. The zero-order chi connectivity index (χ0) is 21.1. The summed E-state index contributed by atoms with van der Waals surface area (Å²) < 4.78 is 47.8. The largest absolute Gasteiger partial charge is 0.483 e. The van der Waals surface area contributed by atoms with Crippen molar-refractivity contribution in [1.82, 2.24) is 0 Å². The van der Waals surface area contributed by atoms with Gasteiger partial charge in [-0.1, -0.05) is 12.1 Å². The molecular formula is C21H21F3O4.